The minimum absolute atomic E-state index is 0.249. The number of hydrogen-bond acceptors (Lipinski definition) is 5. The summed E-state index contributed by atoms with van der Waals surface area (Å²) in [5, 5.41) is 18.1. The molecule has 1 unspecified atom stereocenters. The van der Waals surface area contributed by atoms with Gasteiger partial charge in [0.25, 0.3) is 0 Å². The average molecular weight is 323 g/mol. The quantitative estimate of drug-likeness (QED) is 0.857. The largest absolute Gasteiger partial charge is 0.367 e. The Labute approximate surface area is 143 Å². The third kappa shape index (κ3) is 3.43. The maximum Gasteiger partial charge on any atom is 0.143 e. The van der Waals surface area contributed by atoms with E-state index in [2.05, 4.69) is 53.5 Å². The van der Waals surface area contributed by atoms with Gasteiger partial charge in [0.15, 0.2) is 0 Å². The third-order valence-corrected chi connectivity index (χ3v) is 4.77. The molecule has 2 N–H and O–H groups in total. The van der Waals surface area contributed by atoms with Crippen molar-refractivity contribution in [2.45, 2.75) is 58.5 Å². The first-order chi connectivity index (χ1) is 11.6. The van der Waals surface area contributed by atoms with Gasteiger partial charge in [-0.3, -0.25) is 0 Å². The van der Waals surface area contributed by atoms with Crippen molar-refractivity contribution in [3.63, 3.8) is 0 Å². The van der Waals surface area contributed by atoms with Gasteiger partial charge < -0.3 is 10.6 Å². The van der Waals surface area contributed by atoms with E-state index in [0.717, 1.165) is 28.3 Å². The Morgan fingerprint density at radius 3 is 2.88 bits per heavy atom. The fraction of sp³-hybridized carbons (Fsp3) is 0.526. The monoisotopic (exact) mass is 323 g/mol. The summed E-state index contributed by atoms with van der Waals surface area (Å²) in [5.41, 5.74) is 0.412. The second-order valence-electron chi connectivity index (χ2n) is 6.91. The summed E-state index contributed by atoms with van der Waals surface area (Å²) < 4.78 is 0. The molecule has 0 saturated heterocycles. The van der Waals surface area contributed by atoms with Crippen LogP contribution < -0.4 is 10.6 Å². The number of aromatic nitrogens is 2. The molecule has 5 nitrogen and oxygen atoms in total. The van der Waals surface area contributed by atoms with Gasteiger partial charge >= 0.3 is 0 Å². The molecule has 0 amide bonds. The number of nitrogens with zero attached hydrogens (tertiary/aromatic N) is 3. The van der Waals surface area contributed by atoms with E-state index in [0.29, 0.717) is 11.7 Å². The van der Waals surface area contributed by atoms with Crippen LogP contribution in [0.25, 0.3) is 10.8 Å². The maximum absolute atomic E-state index is 9.18. The molecular formula is C19H25N5. The predicted molar refractivity (Wildman–Crippen MR) is 98.1 cm³/mol. The molecule has 0 aromatic carbocycles. The molecular weight excluding hydrogens is 298 g/mol. The molecule has 2 aromatic rings. The number of hydrogen-bond donors (Lipinski definition) is 2. The highest BCUT2D eigenvalue weighted by Crippen LogP contribution is 2.31. The molecule has 5 heteroatoms. The van der Waals surface area contributed by atoms with E-state index in [1.54, 1.807) is 6.07 Å². The van der Waals surface area contributed by atoms with E-state index in [9.17, 15) is 5.26 Å². The van der Waals surface area contributed by atoms with Crippen molar-refractivity contribution in [3.05, 3.63) is 24.0 Å². The van der Waals surface area contributed by atoms with Gasteiger partial charge in [0.05, 0.1) is 0 Å². The Balaban J connectivity index is 1.95. The first kappa shape index (κ1) is 16.5. The second-order valence-corrected chi connectivity index (χ2v) is 6.91. The lowest BCUT2D eigenvalue weighted by atomic mass is 10.0. The molecule has 2 atom stereocenters. The molecule has 24 heavy (non-hydrogen) atoms. The van der Waals surface area contributed by atoms with Crippen molar-refractivity contribution in [3.8, 4) is 6.07 Å². The van der Waals surface area contributed by atoms with E-state index in [4.69, 9.17) is 0 Å². The lowest BCUT2D eigenvalue weighted by Gasteiger charge is -2.20. The van der Waals surface area contributed by atoms with Crippen molar-refractivity contribution in [1.29, 1.82) is 5.26 Å². The number of rotatable bonds is 5. The number of pyridine rings is 2. The highest BCUT2D eigenvalue weighted by molar-refractivity contribution is 5.93. The lowest BCUT2D eigenvalue weighted by Crippen LogP contribution is -2.24. The van der Waals surface area contributed by atoms with Crippen LogP contribution in [-0.2, 0) is 0 Å². The zero-order chi connectivity index (χ0) is 17.1. The second kappa shape index (κ2) is 7.04. The minimum Gasteiger partial charge on any atom is -0.367 e. The summed E-state index contributed by atoms with van der Waals surface area (Å²) in [4.78, 5) is 8.99. The number of anilines is 2. The molecule has 126 valence electrons. The number of nitrogens with one attached hydrogen (secondary N) is 2. The van der Waals surface area contributed by atoms with Crippen LogP contribution in [0.2, 0.25) is 0 Å². The predicted octanol–water partition coefficient (Wildman–Crippen LogP) is 4.31. The first-order valence-corrected chi connectivity index (χ1v) is 8.84. The van der Waals surface area contributed by atoms with Crippen molar-refractivity contribution < 1.29 is 0 Å². The van der Waals surface area contributed by atoms with Gasteiger partial charge in [-0.05, 0) is 44.7 Å². The fourth-order valence-electron chi connectivity index (χ4n) is 3.57. The van der Waals surface area contributed by atoms with Crippen LogP contribution in [0.3, 0.4) is 0 Å². The molecule has 1 aliphatic rings. The summed E-state index contributed by atoms with van der Waals surface area (Å²) in [7, 11) is 0. The summed E-state index contributed by atoms with van der Waals surface area (Å²) in [6.45, 7) is 6.39. The van der Waals surface area contributed by atoms with E-state index < -0.39 is 0 Å². The number of nitriles is 1. The van der Waals surface area contributed by atoms with Crippen LogP contribution in [-0.4, -0.2) is 22.1 Å². The topological polar surface area (TPSA) is 73.6 Å². The molecule has 0 radical (unpaired) electrons. The van der Waals surface area contributed by atoms with Crippen LogP contribution in [0.5, 0.6) is 0 Å². The van der Waals surface area contributed by atoms with E-state index >= 15 is 0 Å². The van der Waals surface area contributed by atoms with E-state index in [1.807, 2.05) is 6.20 Å². The SMILES string of the molecule is CC[C@@H]1CCCC1Nc1cc2c(NC(C)C)nc(C#N)cc2cn1. The molecule has 1 aliphatic carbocycles. The zero-order valence-corrected chi connectivity index (χ0v) is 14.6. The Morgan fingerprint density at radius 2 is 2.17 bits per heavy atom. The van der Waals surface area contributed by atoms with E-state index in [-0.39, 0.29) is 6.04 Å². The van der Waals surface area contributed by atoms with Crippen molar-refractivity contribution in [2.24, 2.45) is 5.92 Å². The van der Waals surface area contributed by atoms with Gasteiger partial charge in [-0.25, -0.2) is 9.97 Å². The van der Waals surface area contributed by atoms with Gasteiger partial charge in [-0.1, -0.05) is 19.8 Å². The molecule has 1 fully saturated rings. The number of fused-ring (bicyclic) bond motifs is 1. The molecule has 0 bridgehead atoms. The van der Waals surface area contributed by atoms with Gasteiger partial charge in [-0.2, -0.15) is 5.26 Å². The standard InChI is InChI=1S/C19H25N5/c1-4-13-6-5-7-17(13)24-18-9-16-14(11-21-18)8-15(10-20)23-19(16)22-12(2)3/h8-9,11-13,17H,4-7H2,1-3H3,(H,21,24)(H,22,23)/t13-,17?/m1/s1. The summed E-state index contributed by atoms with van der Waals surface area (Å²) in [5.74, 6) is 2.38. The van der Waals surface area contributed by atoms with E-state index in [1.165, 1.54) is 25.7 Å². The van der Waals surface area contributed by atoms with Crippen LogP contribution in [0.1, 0.15) is 52.1 Å². The summed E-state index contributed by atoms with van der Waals surface area (Å²) >= 11 is 0. The van der Waals surface area contributed by atoms with Gasteiger partial charge in [0.2, 0.25) is 0 Å². The van der Waals surface area contributed by atoms with Gasteiger partial charge in [0.1, 0.15) is 23.4 Å². The Hall–Kier alpha value is -2.35. The Bertz CT molecular complexity index is 762. The Morgan fingerprint density at radius 1 is 1.33 bits per heavy atom. The van der Waals surface area contributed by atoms with Crippen molar-refractivity contribution >= 4 is 22.4 Å². The minimum atomic E-state index is 0.249. The summed E-state index contributed by atoms with van der Waals surface area (Å²) in [6, 6.07) is 6.73. The normalized spacial score (nSPS) is 20.3. The van der Waals surface area contributed by atoms with Crippen molar-refractivity contribution in [1.82, 2.24) is 9.97 Å². The van der Waals surface area contributed by atoms with Crippen LogP contribution >= 0.6 is 0 Å². The molecule has 0 spiro atoms. The van der Waals surface area contributed by atoms with Crippen molar-refractivity contribution in [2.75, 3.05) is 10.6 Å². The molecule has 3 rings (SSSR count). The third-order valence-electron chi connectivity index (χ3n) is 4.77. The molecule has 2 aromatic heterocycles. The average Bonchev–Trinajstić information content (AvgIpc) is 3.01. The smallest absolute Gasteiger partial charge is 0.143 e. The molecule has 2 heterocycles. The first-order valence-electron chi connectivity index (χ1n) is 8.84. The highest BCUT2D eigenvalue weighted by atomic mass is 15.0. The van der Waals surface area contributed by atoms with Crippen LogP contribution in [0.15, 0.2) is 18.3 Å². The zero-order valence-electron chi connectivity index (χ0n) is 14.6. The Kier molecular flexibility index (Phi) is 4.84. The highest BCUT2D eigenvalue weighted by Gasteiger charge is 2.25. The van der Waals surface area contributed by atoms with Gasteiger partial charge in [-0.15, -0.1) is 0 Å². The van der Waals surface area contributed by atoms with Gasteiger partial charge in [0, 0.05) is 29.1 Å². The fourth-order valence-corrected chi connectivity index (χ4v) is 3.57. The maximum atomic E-state index is 9.18. The molecule has 0 aliphatic heterocycles. The molecule has 1 saturated carbocycles. The lowest BCUT2D eigenvalue weighted by molar-refractivity contribution is 0.488. The van der Waals surface area contributed by atoms with Crippen LogP contribution in [0.4, 0.5) is 11.6 Å². The summed E-state index contributed by atoms with van der Waals surface area (Å²) in [6.07, 6.45) is 6.84. The van der Waals surface area contributed by atoms with Crippen LogP contribution in [0, 0.1) is 17.2 Å².